The van der Waals surface area contributed by atoms with Crippen LogP contribution >= 0.6 is 0 Å². The third-order valence-corrected chi connectivity index (χ3v) is 4.48. The molecule has 3 aromatic rings. The standard InChI is InChI=1S/C19H16O4/c20-12-19(13-6-2-1-3-7-13)11-10-15-17(21)14-8-4-5-9-16(14)22-18(15)23-19/h1-9,20H,10-12H2. The molecule has 1 aliphatic rings. The zero-order valence-corrected chi connectivity index (χ0v) is 12.5. The van der Waals surface area contributed by atoms with Crippen molar-refractivity contribution in [3.8, 4) is 5.95 Å². The Morgan fingerprint density at radius 1 is 1.04 bits per heavy atom. The predicted molar refractivity (Wildman–Crippen MR) is 86.6 cm³/mol. The van der Waals surface area contributed by atoms with Crippen LogP contribution in [0.3, 0.4) is 0 Å². The summed E-state index contributed by atoms with van der Waals surface area (Å²) in [6, 6.07) is 16.7. The van der Waals surface area contributed by atoms with Gasteiger partial charge in [-0.1, -0.05) is 42.5 Å². The number of para-hydroxylation sites is 1. The van der Waals surface area contributed by atoms with Crippen molar-refractivity contribution >= 4 is 11.0 Å². The van der Waals surface area contributed by atoms with E-state index >= 15 is 0 Å². The van der Waals surface area contributed by atoms with E-state index in [1.807, 2.05) is 42.5 Å². The van der Waals surface area contributed by atoms with E-state index in [1.165, 1.54) is 0 Å². The summed E-state index contributed by atoms with van der Waals surface area (Å²) in [4.78, 5) is 12.6. The number of rotatable bonds is 2. The van der Waals surface area contributed by atoms with E-state index in [0.29, 0.717) is 29.4 Å². The quantitative estimate of drug-likeness (QED) is 0.790. The molecular formula is C19H16O4. The highest BCUT2D eigenvalue weighted by Crippen LogP contribution is 2.39. The number of hydrogen-bond donors (Lipinski definition) is 1. The average molecular weight is 308 g/mol. The molecule has 0 saturated heterocycles. The van der Waals surface area contributed by atoms with Gasteiger partial charge in [-0.05, 0) is 30.5 Å². The van der Waals surface area contributed by atoms with Gasteiger partial charge in [-0.2, -0.15) is 0 Å². The number of hydrogen-bond acceptors (Lipinski definition) is 4. The van der Waals surface area contributed by atoms with E-state index in [4.69, 9.17) is 9.15 Å². The summed E-state index contributed by atoms with van der Waals surface area (Å²) in [5, 5.41) is 10.5. The monoisotopic (exact) mass is 308 g/mol. The van der Waals surface area contributed by atoms with Crippen LogP contribution in [0.25, 0.3) is 11.0 Å². The van der Waals surface area contributed by atoms with Gasteiger partial charge >= 0.3 is 0 Å². The van der Waals surface area contributed by atoms with Crippen LogP contribution in [0.2, 0.25) is 0 Å². The number of benzene rings is 2. The summed E-state index contributed by atoms with van der Waals surface area (Å²) in [5.74, 6) is 0.220. The van der Waals surface area contributed by atoms with Gasteiger partial charge in [-0.15, -0.1) is 0 Å². The van der Waals surface area contributed by atoms with Crippen molar-refractivity contribution in [2.75, 3.05) is 6.61 Å². The summed E-state index contributed by atoms with van der Waals surface area (Å²) in [7, 11) is 0. The SMILES string of the molecule is O=c1c2c(oc3ccccc13)OC(CO)(c1ccccc1)CC2. The fourth-order valence-corrected chi connectivity index (χ4v) is 3.16. The van der Waals surface area contributed by atoms with Gasteiger partial charge in [0.15, 0.2) is 11.0 Å². The van der Waals surface area contributed by atoms with Crippen molar-refractivity contribution in [3.05, 3.63) is 75.9 Å². The minimum absolute atomic E-state index is 0.0542. The highest BCUT2D eigenvalue weighted by atomic mass is 16.6. The lowest BCUT2D eigenvalue weighted by Crippen LogP contribution is -2.41. The Hall–Kier alpha value is -2.59. The molecule has 0 fully saturated rings. The zero-order chi connectivity index (χ0) is 15.9. The molecule has 1 aromatic heterocycles. The van der Waals surface area contributed by atoms with Crippen LogP contribution < -0.4 is 10.2 Å². The number of aliphatic hydroxyl groups is 1. The predicted octanol–water partition coefficient (Wildman–Crippen LogP) is 3.01. The van der Waals surface area contributed by atoms with E-state index in [9.17, 15) is 9.90 Å². The second kappa shape index (κ2) is 5.25. The van der Waals surface area contributed by atoms with Crippen molar-refractivity contribution < 1.29 is 14.3 Å². The lowest BCUT2D eigenvalue weighted by atomic mass is 9.86. The Labute approximate surface area is 132 Å². The van der Waals surface area contributed by atoms with Crippen molar-refractivity contribution in [3.63, 3.8) is 0 Å². The first-order valence-corrected chi connectivity index (χ1v) is 7.64. The Kier molecular flexibility index (Phi) is 3.20. The molecule has 4 nitrogen and oxygen atoms in total. The molecule has 4 rings (SSSR count). The van der Waals surface area contributed by atoms with Crippen LogP contribution in [-0.4, -0.2) is 11.7 Å². The van der Waals surface area contributed by atoms with Crippen LogP contribution in [0.4, 0.5) is 0 Å². The molecule has 23 heavy (non-hydrogen) atoms. The number of fused-ring (bicyclic) bond motifs is 2. The minimum Gasteiger partial charge on any atom is -0.451 e. The summed E-state index contributed by atoms with van der Waals surface area (Å²) < 4.78 is 11.8. The molecule has 1 atom stereocenters. The van der Waals surface area contributed by atoms with Gasteiger partial charge in [0.05, 0.1) is 17.6 Å². The van der Waals surface area contributed by atoms with E-state index in [0.717, 1.165) is 5.56 Å². The highest BCUT2D eigenvalue weighted by molar-refractivity contribution is 5.77. The second-order valence-corrected chi connectivity index (χ2v) is 5.81. The topological polar surface area (TPSA) is 59.7 Å². The maximum Gasteiger partial charge on any atom is 0.293 e. The minimum atomic E-state index is -0.868. The summed E-state index contributed by atoms with van der Waals surface area (Å²) in [6.45, 7) is -0.174. The molecule has 1 aliphatic heterocycles. The molecule has 2 aromatic carbocycles. The van der Waals surface area contributed by atoms with E-state index in [-0.39, 0.29) is 18.0 Å². The van der Waals surface area contributed by atoms with Crippen LogP contribution in [0.15, 0.2) is 63.8 Å². The third kappa shape index (κ3) is 2.14. The van der Waals surface area contributed by atoms with Crippen LogP contribution in [0.1, 0.15) is 17.5 Å². The van der Waals surface area contributed by atoms with Crippen LogP contribution in [0, 0.1) is 0 Å². The summed E-state index contributed by atoms with van der Waals surface area (Å²) in [6.07, 6.45) is 1.04. The first-order valence-electron chi connectivity index (χ1n) is 7.64. The van der Waals surface area contributed by atoms with Gasteiger partial charge in [0, 0.05) is 0 Å². The number of aliphatic hydroxyl groups excluding tert-OH is 1. The fraction of sp³-hybridized carbons (Fsp3) is 0.211. The molecular weight excluding hydrogens is 292 g/mol. The molecule has 1 N–H and O–H groups in total. The highest BCUT2D eigenvalue weighted by Gasteiger charge is 2.40. The molecule has 0 saturated carbocycles. The van der Waals surface area contributed by atoms with Crippen LogP contribution in [-0.2, 0) is 12.0 Å². The molecule has 0 amide bonds. The lowest BCUT2D eigenvalue weighted by molar-refractivity contribution is -0.0306. The molecule has 4 heteroatoms. The van der Waals surface area contributed by atoms with Gasteiger partial charge in [-0.25, -0.2) is 0 Å². The maximum atomic E-state index is 12.6. The maximum absolute atomic E-state index is 12.6. The first-order chi connectivity index (χ1) is 11.2. The van der Waals surface area contributed by atoms with Gasteiger partial charge in [0.1, 0.15) is 5.58 Å². The van der Waals surface area contributed by atoms with E-state index < -0.39 is 5.60 Å². The van der Waals surface area contributed by atoms with Gasteiger partial charge in [-0.3, -0.25) is 4.79 Å². The average Bonchev–Trinajstić information content (AvgIpc) is 2.62. The van der Waals surface area contributed by atoms with Crippen molar-refractivity contribution in [1.82, 2.24) is 0 Å². The molecule has 0 spiro atoms. The molecule has 1 unspecified atom stereocenters. The van der Waals surface area contributed by atoms with Gasteiger partial charge in [0.2, 0.25) is 0 Å². The summed E-state index contributed by atoms with van der Waals surface area (Å²) in [5.41, 5.74) is 0.999. The van der Waals surface area contributed by atoms with Crippen molar-refractivity contribution in [2.24, 2.45) is 0 Å². The molecule has 0 radical (unpaired) electrons. The third-order valence-electron chi connectivity index (χ3n) is 4.48. The van der Waals surface area contributed by atoms with E-state index in [1.54, 1.807) is 12.1 Å². The zero-order valence-electron chi connectivity index (χ0n) is 12.5. The second-order valence-electron chi connectivity index (χ2n) is 5.81. The first kappa shape index (κ1) is 14.0. The Morgan fingerprint density at radius 3 is 2.57 bits per heavy atom. The molecule has 116 valence electrons. The van der Waals surface area contributed by atoms with Gasteiger partial charge in [0.25, 0.3) is 5.95 Å². The summed E-state index contributed by atoms with van der Waals surface area (Å²) >= 11 is 0. The van der Waals surface area contributed by atoms with Crippen LogP contribution in [0.5, 0.6) is 5.95 Å². The Balaban J connectivity index is 1.87. The normalized spacial score (nSPS) is 20.0. The smallest absolute Gasteiger partial charge is 0.293 e. The largest absolute Gasteiger partial charge is 0.451 e. The van der Waals surface area contributed by atoms with E-state index in [2.05, 4.69) is 0 Å². The Bertz CT molecular complexity index is 914. The molecule has 2 heterocycles. The molecule has 0 aliphatic carbocycles. The van der Waals surface area contributed by atoms with Crippen molar-refractivity contribution in [1.29, 1.82) is 0 Å². The lowest BCUT2D eigenvalue weighted by Gasteiger charge is -2.36. The fourth-order valence-electron chi connectivity index (χ4n) is 3.16. The number of ether oxygens (including phenoxy) is 1. The van der Waals surface area contributed by atoms with Crippen molar-refractivity contribution in [2.45, 2.75) is 18.4 Å². The Morgan fingerprint density at radius 2 is 1.78 bits per heavy atom. The molecule has 0 bridgehead atoms. The van der Waals surface area contributed by atoms with Gasteiger partial charge < -0.3 is 14.3 Å².